The molecule has 0 aromatic carbocycles. The molecule has 0 fully saturated rings. The number of ether oxygens (including phenoxy) is 1. The van der Waals surface area contributed by atoms with Crippen molar-refractivity contribution in [3.05, 3.63) is 6.33 Å². The third-order valence-corrected chi connectivity index (χ3v) is 3.17. The van der Waals surface area contributed by atoms with Crippen LogP contribution in [-0.2, 0) is 4.74 Å². The summed E-state index contributed by atoms with van der Waals surface area (Å²) >= 11 is 0. The number of imidazole rings is 1. The summed E-state index contributed by atoms with van der Waals surface area (Å²) in [6.07, 6.45) is -1.64. The fourth-order valence-electron chi connectivity index (χ4n) is 2.01. The predicted molar refractivity (Wildman–Crippen MR) is 77.9 cm³/mol. The number of alkyl halides is 1. The smallest absolute Gasteiger partial charge is 0.224 e. The zero-order valence-corrected chi connectivity index (χ0v) is 12.3. The molecule has 122 valence electrons. The lowest BCUT2D eigenvalue weighted by atomic mass is 10.2. The molecule has 1 unspecified atom stereocenters. The summed E-state index contributed by atoms with van der Waals surface area (Å²) in [4.78, 5) is 12.2. The highest BCUT2D eigenvalue weighted by molar-refractivity contribution is 5.84. The van der Waals surface area contributed by atoms with E-state index in [0.29, 0.717) is 17.0 Å². The van der Waals surface area contributed by atoms with Gasteiger partial charge in [0.1, 0.15) is 12.8 Å². The van der Waals surface area contributed by atoms with Crippen LogP contribution in [0.25, 0.3) is 11.2 Å². The first kappa shape index (κ1) is 16.3. The summed E-state index contributed by atoms with van der Waals surface area (Å²) in [5.74, 6) is 0.415. The van der Waals surface area contributed by atoms with Gasteiger partial charge in [0.15, 0.2) is 23.2 Å². The van der Waals surface area contributed by atoms with Crippen molar-refractivity contribution in [2.45, 2.75) is 25.4 Å². The third-order valence-electron chi connectivity index (χ3n) is 3.17. The topological polar surface area (TPSA) is 131 Å². The number of aliphatic hydroxyl groups excluding tert-OH is 2. The molecule has 2 aromatic rings. The Kier molecular flexibility index (Phi) is 5.06. The standard InChI is InChI=1S/C12H19FN6O3/c1-6(21)7(4-20)22-8(3-13)19-5-16-9-10(15-2)17-12(14)18-11(9)19/h5-8,20-21H,3-4H2,1-2H3,(H3,14,15,17,18)/t6-,7?,8+/m0/s1. The van der Waals surface area contributed by atoms with Crippen molar-refractivity contribution in [2.75, 3.05) is 31.4 Å². The molecular formula is C12H19FN6O3. The van der Waals surface area contributed by atoms with Crippen LogP contribution < -0.4 is 11.1 Å². The fourth-order valence-corrected chi connectivity index (χ4v) is 2.01. The molecule has 9 nitrogen and oxygen atoms in total. The van der Waals surface area contributed by atoms with E-state index in [-0.39, 0.29) is 5.95 Å². The molecule has 2 rings (SSSR count). The number of nitrogens with zero attached hydrogens (tertiary/aromatic N) is 4. The van der Waals surface area contributed by atoms with Crippen molar-refractivity contribution in [1.29, 1.82) is 0 Å². The lowest BCUT2D eigenvalue weighted by molar-refractivity contribution is -0.123. The Balaban J connectivity index is 2.41. The van der Waals surface area contributed by atoms with Gasteiger partial charge in [0.25, 0.3) is 0 Å². The first-order valence-corrected chi connectivity index (χ1v) is 6.70. The maximum absolute atomic E-state index is 13.4. The second-order valence-corrected chi connectivity index (χ2v) is 4.71. The Labute approximate surface area is 126 Å². The van der Waals surface area contributed by atoms with Gasteiger partial charge in [-0.15, -0.1) is 0 Å². The van der Waals surface area contributed by atoms with Crippen molar-refractivity contribution >= 4 is 22.9 Å². The Morgan fingerprint density at radius 3 is 2.77 bits per heavy atom. The number of rotatable bonds is 7. The fraction of sp³-hybridized carbons (Fsp3) is 0.583. The predicted octanol–water partition coefficient (Wildman–Crippen LogP) is -0.323. The number of nitrogen functional groups attached to an aromatic ring is 1. The van der Waals surface area contributed by atoms with Gasteiger partial charge in [0.05, 0.1) is 19.0 Å². The molecule has 2 aromatic heterocycles. The van der Waals surface area contributed by atoms with Gasteiger partial charge in [0.2, 0.25) is 5.95 Å². The van der Waals surface area contributed by atoms with Crippen LogP contribution in [0.3, 0.4) is 0 Å². The summed E-state index contributed by atoms with van der Waals surface area (Å²) in [5, 5.41) is 21.5. The quantitative estimate of drug-likeness (QED) is 0.546. The molecule has 2 heterocycles. The van der Waals surface area contributed by atoms with Crippen molar-refractivity contribution in [3.63, 3.8) is 0 Å². The number of aromatic nitrogens is 4. The summed E-state index contributed by atoms with van der Waals surface area (Å²) in [5.41, 5.74) is 6.33. The molecule has 0 amide bonds. The Hall–Kier alpha value is -2.04. The largest absolute Gasteiger partial charge is 0.394 e. The van der Waals surface area contributed by atoms with E-state index < -0.39 is 31.7 Å². The molecule has 0 aliphatic carbocycles. The molecule has 22 heavy (non-hydrogen) atoms. The number of nitrogens with two attached hydrogens (primary N) is 1. The minimum atomic E-state index is -1.10. The summed E-state index contributed by atoms with van der Waals surface area (Å²) < 4.78 is 20.1. The zero-order chi connectivity index (χ0) is 16.3. The van der Waals surface area contributed by atoms with Gasteiger partial charge < -0.3 is 26.0 Å². The van der Waals surface area contributed by atoms with Crippen molar-refractivity contribution in [3.8, 4) is 0 Å². The average Bonchev–Trinajstić information content (AvgIpc) is 2.91. The van der Waals surface area contributed by atoms with E-state index in [4.69, 9.17) is 10.5 Å². The highest BCUT2D eigenvalue weighted by Crippen LogP contribution is 2.24. The van der Waals surface area contributed by atoms with Gasteiger partial charge in [-0.25, -0.2) is 9.37 Å². The van der Waals surface area contributed by atoms with Crippen LogP contribution in [0.2, 0.25) is 0 Å². The normalized spacial score (nSPS) is 15.7. The van der Waals surface area contributed by atoms with Gasteiger partial charge in [-0.05, 0) is 6.92 Å². The van der Waals surface area contributed by atoms with E-state index in [2.05, 4.69) is 20.3 Å². The number of halogens is 1. The van der Waals surface area contributed by atoms with Crippen molar-refractivity contribution in [2.24, 2.45) is 0 Å². The molecule has 0 aliphatic heterocycles. The third kappa shape index (κ3) is 3.08. The van der Waals surface area contributed by atoms with E-state index >= 15 is 0 Å². The lowest BCUT2D eigenvalue weighted by Gasteiger charge is -2.24. The second-order valence-electron chi connectivity index (χ2n) is 4.71. The van der Waals surface area contributed by atoms with Gasteiger partial charge in [-0.1, -0.05) is 0 Å². The summed E-state index contributed by atoms with van der Waals surface area (Å²) in [7, 11) is 1.65. The van der Waals surface area contributed by atoms with Gasteiger partial charge in [-0.3, -0.25) is 4.57 Å². The van der Waals surface area contributed by atoms with Gasteiger partial charge in [0, 0.05) is 7.05 Å². The molecule has 3 atom stereocenters. The first-order valence-electron chi connectivity index (χ1n) is 6.70. The maximum Gasteiger partial charge on any atom is 0.224 e. The van der Waals surface area contributed by atoms with Crippen LogP contribution >= 0.6 is 0 Å². The Morgan fingerprint density at radius 2 is 2.23 bits per heavy atom. The highest BCUT2D eigenvalue weighted by atomic mass is 19.1. The number of hydrogen-bond donors (Lipinski definition) is 4. The molecule has 0 spiro atoms. The molecule has 10 heteroatoms. The second kappa shape index (κ2) is 6.81. The summed E-state index contributed by atoms with van der Waals surface area (Å²) in [6, 6.07) is 0. The Bertz CT molecular complexity index is 635. The highest BCUT2D eigenvalue weighted by Gasteiger charge is 2.24. The molecule has 0 radical (unpaired) electrons. The first-order chi connectivity index (χ1) is 10.5. The molecule has 0 aliphatic rings. The van der Waals surface area contributed by atoms with Crippen LogP contribution in [0.1, 0.15) is 13.2 Å². The van der Waals surface area contributed by atoms with Crippen LogP contribution in [-0.4, -0.2) is 62.3 Å². The maximum atomic E-state index is 13.4. The van der Waals surface area contributed by atoms with E-state index in [1.54, 1.807) is 7.05 Å². The Morgan fingerprint density at radius 1 is 1.50 bits per heavy atom. The van der Waals surface area contributed by atoms with Gasteiger partial charge >= 0.3 is 0 Å². The molecule has 0 saturated heterocycles. The van der Waals surface area contributed by atoms with Crippen LogP contribution in [0.5, 0.6) is 0 Å². The minimum absolute atomic E-state index is 0.00504. The number of hydrogen-bond acceptors (Lipinski definition) is 8. The number of nitrogens with one attached hydrogen (secondary N) is 1. The molecule has 5 N–H and O–H groups in total. The SMILES string of the molecule is CNc1nc(N)nc2c1ncn2[C@@H](CF)OC(CO)[C@H](C)O. The molecule has 0 bridgehead atoms. The van der Waals surface area contributed by atoms with Crippen LogP contribution in [0, 0.1) is 0 Å². The molecule has 0 saturated carbocycles. The van der Waals surface area contributed by atoms with Crippen molar-refractivity contribution < 1.29 is 19.3 Å². The van der Waals surface area contributed by atoms with E-state index in [1.807, 2.05) is 0 Å². The van der Waals surface area contributed by atoms with Crippen LogP contribution in [0.4, 0.5) is 16.2 Å². The minimum Gasteiger partial charge on any atom is -0.394 e. The van der Waals surface area contributed by atoms with Crippen molar-refractivity contribution in [1.82, 2.24) is 19.5 Å². The lowest BCUT2D eigenvalue weighted by Crippen LogP contribution is -2.33. The number of aliphatic hydroxyl groups is 2. The zero-order valence-electron chi connectivity index (χ0n) is 12.3. The number of fused-ring (bicyclic) bond motifs is 1. The average molecular weight is 314 g/mol. The summed E-state index contributed by atoms with van der Waals surface area (Å²) in [6.45, 7) is 0.106. The van der Waals surface area contributed by atoms with E-state index in [0.717, 1.165) is 0 Å². The van der Waals surface area contributed by atoms with E-state index in [1.165, 1.54) is 17.8 Å². The molecular weight excluding hydrogens is 295 g/mol. The number of anilines is 2. The monoisotopic (exact) mass is 314 g/mol. The van der Waals surface area contributed by atoms with E-state index in [9.17, 15) is 14.6 Å². The van der Waals surface area contributed by atoms with Gasteiger partial charge in [-0.2, -0.15) is 9.97 Å². The van der Waals surface area contributed by atoms with Crippen LogP contribution in [0.15, 0.2) is 6.33 Å².